The van der Waals surface area contributed by atoms with E-state index in [2.05, 4.69) is 15.6 Å². The number of carbonyl (C=O) groups is 2. The molecule has 0 saturated carbocycles. The van der Waals surface area contributed by atoms with E-state index in [0.717, 1.165) is 17.7 Å². The van der Waals surface area contributed by atoms with E-state index in [1.807, 2.05) is 6.92 Å². The molecule has 2 fully saturated rings. The number of ether oxygens (including phenoxy) is 1. The van der Waals surface area contributed by atoms with Crippen LogP contribution >= 0.6 is 11.8 Å². The van der Waals surface area contributed by atoms with Crippen LogP contribution in [0, 0.1) is 11.8 Å². The molecule has 2 aliphatic rings. The van der Waals surface area contributed by atoms with E-state index >= 15 is 0 Å². The highest BCUT2D eigenvalue weighted by molar-refractivity contribution is 8.14. The fourth-order valence-corrected chi connectivity index (χ4v) is 3.76. The largest absolute Gasteiger partial charge is 0.360 e. The van der Waals surface area contributed by atoms with E-state index in [1.54, 1.807) is 7.05 Å². The highest BCUT2D eigenvalue weighted by Crippen LogP contribution is 2.38. The van der Waals surface area contributed by atoms with Crippen LogP contribution in [0.25, 0.3) is 0 Å². The second-order valence-electron chi connectivity index (χ2n) is 4.59. The fraction of sp³-hybridized carbons (Fsp3) is 0.750. The summed E-state index contributed by atoms with van der Waals surface area (Å²) in [5.41, 5.74) is -0.157. The first-order chi connectivity index (χ1) is 9.24. The van der Waals surface area contributed by atoms with Gasteiger partial charge in [-0.3, -0.25) is 4.99 Å². The molecule has 5 atom stereocenters. The van der Waals surface area contributed by atoms with Crippen molar-refractivity contribution in [1.82, 2.24) is 10.6 Å². The minimum Gasteiger partial charge on any atom is -0.360 e. The minimum absolute atomic E-state index is 0.157. The minimum atomic E-state index is -0.416. The maximum absolute atomic E-state index is 11.4. The molecule has 0 aliphatic carbocycles. The number of thioether (sulfide) groups is 1. The van der Waals surface area contributed by atoms with Crippen LogP contribution in [0.5, 0.6) is 0 Å². The number of nitrogens with one attached hydrogen (secondary N) is 2. The molecule has 2 rings (SSSR count). The van der Waals surface area contributed by atoms with Gasteiger partial charge in [0.2, 0.25) is 0 Å². The number of fused-ring (bicyclic) bond motifs is 1. The van der Waals surface area contributed by atoms with E-state index in [0.29, 0.717) is 13.1 Å². The van der Waals surface area contributed by atoms with Crippen molar-refractivity contribution < 1.29 is 14.3 Å². The maximum Gasteiger partial charge on any atom is 0.159 e. The van der Waals surface area contributed by atoms with E-state index in [9.17, 15) is 9.59 Å². The van der Waals surface area contributed by atoms with Crippen molar-refractivity contribution in [3.8, 4) is 0 Å². The zero-order valence-electron chi connectivity index (χ0n) is 11.0. The van der Waals surface area contributed by atoms with Crippen molar-refractivity contribution >= 4 is 29.5 Å². The summed E-state index contributed by atoms with van der Waals surface area (Å²) >= 11 is 1.49. The van der Waals surface area contributed by atoms with Gasteiger partial charge in [-0.1, -0.05) is 11.8 Å². The van der Waals surface area contributed by atoms with E-state index in [4.69, 9.17) is 4.74 Å². The zero-order chi connectivity index (χ0) is 13.8. The Labute approximate surface area is 116 Å². The van der Waals surface area contributed by atoms with E-state index in [1.165, 1.54) is 11.8 Å². The van der Waals surface area contributed by atoms with Crippen molar-refractivity contribution in [2.45, 2.75) is 24.5 Å². The van der Waals surface area contributed by atoms with Gasteiger partial charge < -0.3 is 25.0 Å². The molecule has 2 heterocycles. The molecule has 7 heteroatoms. The zero-order valence-corrected chi connectivity index (χ0v) is 11.9. The lowest BCUT2D eigenvalue weighted by Crippen LogP contribution is -2.55. The molecule has 0 bridgehead atoms. The fourth-order valence-electron chi connectivity index (χ4n) is 2.53. The molecule has 6 nitrogen and oxygen atoms in total. The van der Waals surface area contributed by atoms with Crippen LogP contribution in [-0.2, 0) is 14.3 Å². The number of nitrogens with zero attached hydrogens (tertiary/aromatic N) is 1. The quantitative estimate of drug-likeness (QED) is 0.672. The van der Waals surface area contributed by atoms with Gasteiger partial charge in [0.1, 0.15) is 18.0 Å². The molecule has 2 saturated heterocycles. The predicted molar refractivity (Wildman–Crippen MR) is 74.2 cm³/mol. The smallest absolute Gasteiger partial charge is 0.159 e. The second kappa shape index (κ2) is 6.49. The SMILES string of the molecule is CCN=C1N[C@@H]2[C@H](C=O)[C@H](C=O)[C@H](CNC)O[C@@H]2S1. The molecule has 0 aromatic rings. The molecule has 2 N–H and O–H groups in total. The summed E-state index contributed by atoms with van der Waals surface area (Å²) in [6.45, 7) is 3.18. The molecule has 0 aromatic carbocycles. The van der Waals surface area contributed by atoms with Crippen LogP contribution in [0.1, 0.15) is 6.92 Å². The first-order valence-corrected chi connectivity index (χ1v) is 7.31. The van der Waals surface area contributed by atoms with Crippen LogP contribution in [0.2, 0.25) is 0 Å². The number of rotatable bonds is 5. The van der Waals surface area contributed by atoms with Crippen molar-refractivity contribution in [2.75, 3.05) is 20.1 Å². The number of amidine groups is 1. The Hall–Kier alpha value is -0.920. The number of aliphatic imine (C=N–C) groups is 1. The van der Waals surface area contributed by atoms with Crippen LogP contribution in [0.4, 0.5) is 0 Å². The lowest BCUT2D eigenvalue weighted by molar-refractivity contribution is -0.137. The monoisotopic (exact) mass is 285 g/mol. The molecule has 0 spiro atoms. The summed E-state index contributed by atoms with van der Waals surface area (Å²) in [5, 5.41) is 6.99. The van der Waals surface area contributed by atoms with Gasteiger partial charge >= 0.3 is 0 Å². The van der Waals surface area contributed by atoms with Gasteiger partial charge in [-0.05, 0) is 14.0 Å². The molecule has 106 valence electrons. The first-order valence-electron chi connectivity index (χ1n) is 6.43. The Bertz CT molecular complexity index is 377. The summed E-state index contributed by atoms with van der Waals surface area (Å²) in [6.07, 6.45) is 1.43. The van der Waals surface area contributed by atoms with Gasteiger partial charge in [-0.2, -0.15) is 0 Å². The highest BCUT2D eigenvalue weighted by atomic mass is 32.2. The van der Waals surface area contributed by atoms with Crippen molar-refractivity contribution in [3.05, 3.63) is 0 Å². The lowest BCUT2D eigenvalue weighted by Gasteiger charge is -2.39. The topological polar surface area (TPSA) is 79.8 Å². The number of aldehydes is 2. The Morgan fingerprint density at radius 2 is 2.16 bits per heavy atom. The molecule has 2 aliphatic heterocycles. The average Bonchev–Trinajstić information content (AvgIpc) is 2.80. The Morgan fingerprint density at radius 1 is 1.42 bits per heavy atom. The summed E-state index contributed by atoms with van der Waals surface area (Å²) in [4.78, 5) is 26.9. The number of hydrogen-bond donors (Lipinski definition) is 2. The molecule has 0 amide bonds. The normalized spacial score (nSPS) is 39.7. The third kappa shape index (κ3) is 2.82. The summed E-state index contributed by atoms with van der Waals surface area (Å²) in [5.74, 6) is -0.785. The maximum atomic E-state index is 11.4. The Morgan fingerprint density at radius 3 is 2.74 bits per heavy atom. The molecule has 0 aromatic heterocycles. The number of likely N-dealkylation sites (N-methyl/N-ethyl adjacent to an activating group) is 1. The number of carbonyl (C=O) groups excluding carboxylic acids is 2. The van der Waals surface area contributed by atoms with Crippen molar-refractivity contribution in [3.63, 3.8) is 0 Å². The highest BCUT2D eigenvalue weighted by Gasteiger charge is 2.49. The summed E-state index contributed by atoms with van der Waals surface area (Å²) in [7, 11) is 1.80. The van der Waals surface area contributed by atoms with Gasteiger partial charge in [0.15, 0.2) is 5.17 Å². The van der Waals surface area contributed by atoms with Gasteiger partial charge in [0.05, 0.1) is 24.0 Å². The average molecular weight is 285 g/mol. The lowest BCUT2D eigenvalue weighted by atomic mass is 9.82. The van der Waals surface area contributed by atoms with Crippen LogP contribution in [-0.4, -0.2) is 55.5 Å². The van der Waals surface area contributed by atoms with Crippen LogP contribution in [0.15, 0.2) is 4.99 Å². The Balaban J connectivity index is 2.20. The predicted octanol–water partition coefficient (Wildman–Crippen LogP) is -0.358. The van der Waals surface area contributed by atoms with E-state index < -0.39 is 5.92 Å². The van der Waals surface area contributed by atoms with E-state index in [-0.39, 0.29) is 23.5 Å². The number of hydrogen-bond acceptors (Lipinski definition) is 6. The van der Waals surface area contributed by atoms with Gasteiger partial charge in [-0.15, -0.1) is 0 Å². The van der Waals surface area contributed by atoms with Gasteiger partial charge in [-0.25, -0.2) is 0 Å². The van der Waals surface area contributed by atoms with Crippen molar-refractivity contribution in [2.24, 2.45) is 16.8 Å². The van der Waals surface area contributed by atoms with Crippen LogP contribution in [0.3, 0.4) is 0 Å². The molecule has 0 unspecified atom stereocenters. The second-order valence-corrected chi connectivity index (χ2v) is 5.68. The molecule has 19 heavy (non-hydrogen) atoms. The standard InChI is InChI=1S/C12H19N3O3S/c1-3-14-12-15-10-8(6-17)7(5-16)9(4-13-2)18-11(10)19-12/h5-11,13H,3-4H2,1-2H3,(H,14,15)/t7-,8+,9-,10+,11+/m0/s1. The third-order valence-corrected chi connectivity index (χ3v) is 4.54. The third-order valence-electron chi connectivity index (χ3n) is 3.43. The van der Waals surface area contributed by atoms with Crippen LogP contribution < -0.4 is 10.6 Å². The van der Waals surface area contributed by atoms with Gasteiger partial charge in [0, 0.05) is 13.1 Å². The summed E-state index contributed by atoms with van der Waals surface area (Å²) in [6, 6.07) is -0.170. The molecule has 0 radical (unpaired) electrons. The van der Waals surface area contributed by atoms with Gasteiger partial charge in [0.25, 0.3) is 0 Å². The summed E-state index contributed by atoms with van der Waals surface area (Å²) < 4.78 is 5.93. The molecular formula is C12H19N3O3S. The van der Waals surface area contributed by atoms with Crippen molar-refractivity contribution in [1.29, 1.82) is 0 Å². The Kier molecular flexibility index (Phi) is 4.95. The molecular weight excluding hydrogens is 266 g/mol. The first kappa shape index (κ1) is 14.5.